The van der Waals surface area contributed by atoms with Crippen LogP contribution >= 0.6 is 11.3 Å². The highest BCUT2D eigenvalue weighted by Gasteiger charge is 2.43. The highest BCUT2D eigenvalue weighted by molar-refractivity contribution is 7.92. The molecule has 0 aliphatic carbocycles. The van der Waals surface area contributed by atoms with E-state index >= 15 is 0 Å². The first-order valence-corrected chi connectivity index (χ1v) is 13.3. The summed E-state index contributed by atoms with van der Waals surface area (Å²) in [6, 6.07) is 0. The maximum atomic E-state index is 13.0. The molecule has 0 saturated heterocycles. The van der Waals surface area contributed by atoms with E-state index in [1.54, 1.807) is 41.5 Å². The normalized spacial score (nSPS) is 18.1. The number of amides is 1. The third-order valence-electron chi connectivity index (χ3n) is 5.98. The summed E-state index contributed by atoms with van der Waals surface area (Å²) in [5.41, 5.74) is -2.35. The lowest BCUT2D eigenvalue weighted by Crippen LogP contribution is -2.47. The number of hydrogen-bond donors (Lipinski definition) is 2. The van der Waals surface area contributed by atoms with Gasteiger partial charge in [0.2, 0.25) is 11.0 Å². The molecule has 5 atom stereocenters. The number of sulfonamides is 1. The molecule has 0 aliphatic heterocycles. The number of aliphatic hydroxyl groups is 1. The first-order chi connectivity index (χ1) is 16.0. The van der Waals surface area contributed by atoms with Gasteiger partial charge in [0.05, 0.1) is 5.92 Å². The second-order valence-corrected chi connectivity index (χ2v) is 11.4. The average molecular weight is 535 g/mol. The van der Waals surface area contributed by atoms with Gasteiger partial charge >= 0.3 is 22.0 Å². The predicted molar refractivity (Wildman–Crippen MR) is 129 cm³/mol. The molecule has 198 valence electrons. The van der Waals surface area contributed by atoms with Gasteiger partial charge in [-0.05, 0) is 40.5 Å². The zero-order chi connectivity index (χ0) is 27.2. The topological polar surface area (TPSA) is 174 Å². The molecular formula is C21H34N4O8S2. The summed E-state index contributed by atoms with van der Waals surface area (Å²) in [6.07, 6.45) is 0.441. The first-order valence-electron chi connectivity index (χ1n) is 11.1. The SMILES string of the molecule is CCC(C)(OC(=O)C(C)C(C)(CC)OC(=O)C(C)O)C(C)C=NS(=O)(=O)c1nnc(NC(C)=O)s1. The molecule has 0 bridgehead atoms. The number of aromatic nitrogens is 2. The highest BCUT2D eigenvalue weighted by atomic mass is 32.2. The molecule has 0 fully saturated rings. The summed E-state index contributed by atoms with van der Waals surface area (Å²) < 4.78 is 39.5. The van der Waals surface area contributed by atoms with Crippen LogP contribution in [0.25, 0.3) is 0 Å². The molecule has 0 radical (unpaired) electrons. The van der Waals surface area contributed by atoms with Crippen LogP contribution in [0.15, 0.2) is 8.74 Å². The molecular weight excluding hydrogens is 500 g/mol. The third-order valence-corrected chi connectivity index (χ3v) is 8.42. The van der Waals surface area contributed by atoms with Crippen molar-refractivity contribution in [1.82, 2.24) is 10.2 Å². The van der Waals surface area contributed by atoms with Gasteiger partial charge in [-0.15, -0.1) is 10.2 Å². The minimum Gasteiger partial charge on any atom is -0.458 e. The van der Waals surface area contributed by atoms with Crippen LogP contribution in [0.5, 0.6) is 0 Å². The van der Waals surface area contributed by atoms with Crippen molar-refractivity contribution in [2.45, 2.75) is 89.9 Å². The zero-order valence-electron chi connectivity index (χ0n) is 21.2. The second-order valence-electron chi connectivity index (χ2n) is 8.64. The molecule has 1 amide bonds. The second kappa shape index (κ2) is 12.0. The predicted octanol–water partition coefficient (Wildman–Crippen LogP) is 2.33. The standard InChI is InChI=1S/C21H34N4O8S2/c1-9-20(7,32-16(28)13(4)21(8,10-2)33-17(29)14(5)26)12(3)11-22-35(30,31)19-25-24-18(34-19)23-15(6)27/h11-14,26H,9-10H2,1-8H3,(H,23,24,27). The van der Waals surface area contributed by atoms with Crippen molar-refractivity contribution < 1.29 is 37.4 Å². The van der Waals surface area contributed by atoms with Gasteiger partial charge in [0.25, 0.3) is 4.34 Å². The van der Waals surface area contributed by atoms with E-state index in [9.17, 15) is 27.9 Å². The van der Waals surface area contributed by atoms with Crippen LogP contribution in [0, 0.1) is 11.8 Å². The van der Waals surface area contributed by atoms with Crippen molar-refractivity contribution in [3.8, 4) is 0 Å². The molecule has 1 aromatic rings. The number of ether oxygens (including phenoxy) is 2. The Morgan fingerprint density at radius 1 is 1.09 bits per heavy atom. The minimum atomic E-state index is -4.19. The Kier molecular flexibility index (Phi) is 10.5. The first kappa shape index (κ1) is 30.6. The van der Waals surface area contributed by atoms with Crippen LogP contribution in [-0.4, -0.2) is 65.1 Å². The van der Waals surface area contributed by atoms with Gasteiger partial charge in [-0.2, -0.15) is 12.8 Å². The number of nitrogens with zero attached hydrogens (tertiary/aromatic N) is 3. The highest BCUT2D eigenvalue weighted by Crippen LogP contribution is 2.32. The Morgan fingerprint density at radius 3 is 2.11 bits per heavy atom. The molecule has 35 heavy (non-hydrogen) atoms. The monoisotopic (exact) mass is 534 g/mol. The van der Waals surface area contributed by atoms with Crippen molar-refractivity contribution in [3.63, 3.8) is 0 Å². The summed E-state index contributed by atoms with van der Waals surface area (Å²) in [6.45, 7) is 12.5. The van der Waals surface area contributed by atoms with E-state index in [0.29, 0.717) is 24.2 Å². The van der Waals surface area contributed by atoms with Gasteiger partial charge in [0, 0.05) is 19.1 Å². The summed E-state index contributed by atoms with van der Waals surface area (Å²) >= 11 is 0.659. The van der Waals surface area contributed by atoms with Crippen LogP contribution < -0.4 is 5.32 Å². The van der Waals surface area contributed by atoms with Crippen molar-refractivity contribution in [2.75, 3.05) is 5.32 Å². The number of anilines is 1. The Balaban J connectivity index is 3.04. The third kappa shape index (κ3) is 8.04. The van der Waals surface area contributed by atoms with Gasteiger partial charge in [-0.25, -0.2) is 4.79 Å². The molecule has 1 rings (SSSR count). The number of carbonyl (C=O) groups is 3. The molecule has 12 nitrogen and oxygen atoms in total. The van der Waals surface area contributed by atoms with E-state index in [0.717, 1.165) is 6.21 Å². The smallest absolute Gasteiger partial charge is 0.335 e. The van der Waals surface area contributed by atoms with Crippen LogP contribution in [0.1, 0.15) is 68.2 Å². The molecule has 2 N–H and O–H groups in total. The Hall–Kier alpha value is -2.45. The van der Waals surface area contributed by atoms with E-state index in [1.165, 1.54) is 13.8 Å². The number of carbonyl (C=O) groups excluding carboxylic acids is 3. The van der Waals surface area contributed by atoms with Gasteiger partial charge in [-0.3, -0.25) is 9.59 Å². The lowest BCUT2D eigenvalue weighted by molar-refractivity contribution is -0.187. The van der Waals surface area contributed by atoms with E-state index in [1.807, 2.05) is 0 Å². The number of rotatable bonds is 12. The summed E-state index contributed by atoms with van der Waals surface area (Å²) in [5, 5.41) is 19.0. The number of nitrogens with one attached hydrogen (secondary N) is 1. The largest absolute Gasteiger partial charge is 0.458 e. The van der Waals surface area contributed by atoms with E-state index in [4.69, 9.17) is 9.47 Å². The molecule has 0 aromatic carbocycles. The summed E-state index contributed by atoms with van der Waals surface area (Å²) in [5.74, 6) is -3.42. The van der Waals surface area contributed by atoms with Gasteiger partial charge in [0.15, 0.2) is 0 Å². The lowest BCUT2D eigenvalue weighted by Gasteiger charge is -2.38. The summed E-state index contributed by atoms with van der Waals surface area (Å²) in [7, 11) is -4.19. The maximum absolute atomic E-state index is 13.0. The van der Waals surface area contributed by atoms with E-state index in [2.05, 4.69) is 19.9 Å². The average Bonchev–Trinajstić information content (AvgIpc) is 3.25. The zero-order valence-corrected chi connectivity index (χ0v) is 22.8. The van der Waals surface area contributed by atoms with E-state index in [-0.39, 0.29) is 5.13 Å². The van der Waals surface area contributed by atoms with Crippen LogP contribution in [0.2, 0.25) is 0 Å². The van der Waals surface area contributed by atoms with Crippen molar-refractivity contribution >= 4 is 50.6 Å². The quantitative estimate of drug-likeness (QED) is 0.230. The Labute approximate surface area is 209 Å². The molecule has 14 heteroatoms. The maximum Gasteiger partial charge on any atom is 0.335 e. The fourth-order valence-corrected chi connectivity index (χ4v) is 4.61. The molecule has 0 spiro atoms. The molecule has 1 aromatic heterocycles. The van der Waals surface area contributed by atoms with Crippen LogP contribution in [0.3, 0.4) is 0 Å². The lowest BCUT2D eigenvalue weighted by atomic mass is 9.86. The fourth-order valence-electron chi connectivity index (χ4n) is 2.73. The van der Waals surface area contributed by atoms with Gasteiger partial charge < -0.3 is 19.9 Å². The molecule has 5 unspecified atom stereocenters. The Bertz CT molecular complexity index is 1060. The molecule has 0 saturated carbocycles. The Morgan fingerprint density at radius 2 is 1.63 bits per heavy atom. The molecule has 0 aliphatic rings. The number of esters is 2. The summed E-state index contributed by atoms with van der Waals surface area (Å²) in [4.78, 5) is 36.0. The van der Waals surface area contributed by atoms with Crippen molar-refractivity contribution in [2.24, 2.45) is 16.2 Å². The number of aliphatic hydroxyl groups excluding tert-OH is 1. The van der Waals surface area contributed by atoms with Crippen LogP contribution in [-0.2, 0) is 33.9 Å². The van der Waals surface area contributed by atoms with Crippen LogP contribution in [0.4, 0.5) is 5.13 Å². The van der Waals surface area contributed by atoms with Crippen molar-refractivity contribution in [1.29, 1.82) is 0 Å². The van der Waals surface area contributed by atoms with Gasteiger partial charge in [0.1, 0.15) is 17.3 Å². The minimum absolute atomic E-state index is 0.0240. The van der Waals surface area contributed by atoms with E-state index < -0.39 is 61.4 Å². The number of hydrogen-bond acceptors (Lipinski definition) is 11. The molecule has 1 heterocycles. The van der Waals surface area contributed by atoms with Gasteiger partial charge in [-0.1, -0.05) is 32.1 Å². The van der Waals surface area contributed by atoms with Crippen molar-refractivity contribution in [3.05, 3.63) is 0 Å². The fraction of sp³-hybridized carbons (Fsp3) is 0.714.